The summed E-state index contributed by atoms with van der Waals surface area (Å²) >= 11 is 0. The number of aliphatic hydroxyl groups excluding tert-OH is 1. The predicted octanol–water partition coefficient (Wildman–Crippen LogP) is 5.16. The van der Waals surface area contributed by atoms with E-state index in [9.17, 15) is 15.3 Å². The van der Waals surface area contributed by atoms with E-state index < -0.39 is 11.9 Å². The molecular weight excluding hydrogens is 392 g/mol. The number of ether oxygens (including phenoxy) is 2. The number of hydrogen-bond acceptors (Lipinski definition) is 5. The Morgan fingerprint density at radius 3 is 2.26 bits per heavy atom. The first-order chi connectivity index (χ1) is 14.9. The molecule has 0 atom stereocenters. The van der Waals surface area contributed by atoms with E-state index >= 15 is 0 Å². The Kier molecular flexibility index (Phi) is 9.31. The summed E-state index contributed by atoms with van der Waals surface area (Å²) in [7, 11) is 1.62. The predicted molar refractivity (Wildman–Crippen MR) is 124 cm³/mol. The molecule has 2 aromatic carbocycles. The van der Waals surface area contributed by atoms with Crippen molar-refractivity contribution in [1.29, 1.82) is 0 Å². The van der Waals surface area contributed by atoms with Crippen LogP contribution in [0.15, 0.2) is 60.7 Å². The van der Waals surface area contributed by atoms with E-state index in [0.29, 0.717) is 36.5 Å². The van der Waals surface area contributed by atoms with Crippen molar-refractivity contribution in [3.8, 4) is 11.5 Å². The van der Waals surface area contributed by atoms with Crippen LogP contribution in [0.2, 0.25) is 0 Å². The van der Waals surface area contributed by atoms with Crippen molar-refractivity contribution >= 4 is 5.57 Å². The van der Waals surface area contributed by atoms with Crippen LogP contribution in [0.1, 0.15) is 63.0 Å². The average molecular weight is 427 g/mol. The van der Waals surface area contributed by atoms with Crippen molar-refractivity contribution in [3.63, 3.8) is 0 Å². The van der Waals surface area contributed by atoms with Gasteiger partial charge in [0, 0.05) is 11.1 Å². The Morgan fingerprint density at radius 2 is 1.71 bits per heavy atom. The molecule has 31 heavy (non-hydrogen) atoms. The largest absolute Gasteiger partial charge is 0.492 e. The Bertz CT molecular complexity index is 877. The smallest absolute Gasteiger partial charge is 0.178 e. The van der Waals surface area contributed by atoms with E-state index in [0.717, 1.165) is 23.1 Å². The van der Waals surface area contributed by atoms with E-state index in [1.807, 2.05) is 50.3 Å². The standard InChI is InChI=1S/C26H34O5/c1-5-20(10-9-17-26(29,6-2)7-3)22-11-8-12-23(24(22)30-4)31-18-19-13-15-21(16-14-19)25(27)28/h8-17,25,27-29H,5-7,18H2,1-4H3. The number of benzene rings is 2. The summed E-state index contributed by atoms with van der Waals surface area (Å²) < 4.78 is 11.7. The van der Waals surface area contributed by atoms with Gasteiger partial charge in [0.05, 0.1) is 12.7 Å². The van der Waals surface area contributed by atoms with Gasteiger partial charge in [0.15, 0.2) is 17.8 Å². The van der Waals surface area contributed by atoms with Gasteiger partial charge in [-0.05, 0) is 36.5 Å². The van der Waals surface area contributed by atoms with Gasteiger partial charge in [-0.15, -0.1) is 0 Å². The highest BCUT2D eigenvalue weighted by Gasteiger charge is 2.17. The van der Waals surface area contributed by atoms with Crippen molar-refractivity contribution in [3.05, 3.63) is 77.4 Å². The summed E-state index contributed by atoms with van der Waals surface area (Å²) in [5.41, 5.74) is 2.58. The molecule has 168 valence electrons. The van der Waals surface area contributed by atoms with E-state index in [1.165, 1.54) is 0 Å². The minimum Gasteiger partial charge on any atom is -0.492 e. The molecule has 3 N–H and O–H groups in total. The fraction of sp³-hybridized carbons (Fsp3) is 0.385. The molecule has 0 amide bonds. The molecular formula is C26H34O5. The fourth-order valence-corrected chi connectivity index (χ4v) is 3.27. The highest BCUT2D eigenvalue weighted by Crippen LogP contribution is 2.37. The van der Waals surface area contributed by atoms with Crippen molar-refractivity contribution < 1.29 is 24.8 Å². The summed E-state index contributed by atoms with van der Waals surface area (Å²) in [6.07, 6.45) is 6.42. The SMILES string of the molecule is CCC(=CC=CC(O)(CC)CC)c1cccc(OCc2ccc(C(O)O)cc2)c1OC. The molecule has 0 aliphatic rings. The topological polar surface area (TPSA) is 79.2 Å². The third-order valence-electron chi connectivity index (χ3n) is 5.51. The van der Waals surface area contributed by atoms with Gasteiger partial charge in [-0.2, -0.15) is 0 Å². The maximum absolute atomic E-state index is 10.5. The Balaban J connectivity index is 2.24. The first-order valence-electron chi connectivity index (χ1n) is 10.7. The maximum Gasteiger partial charge on any atom is 0.178 e. The van der Waals surface area contributed by atoms with E-state index in [2.05, 4.69) is 6.92 Å². The second-order valence-corrected chi connectivity index (χ2v) is 7.46. The molecule has 0 aromatic heterocycles. The Morgan fingerprint density at radius 1 is 1.03 bits per heavy atom. The van der Waals surface area contributed by atoms with Crippen LogP contribution in [-0.2, 0) is 6.61 Å². The van der Waals surface area contributed by atoms with Crippen LogP contribution in [0.5, 0.6) is 11.5 Å². The molecule has 0 aliphatic carbocycles. The lowest BCUT2D eigenvalue weighted by molar-refractivity contribution is -0.0425. The maximum atomic E-state index is 10.5. The molecule has 0 fully saturated rings. The molecule has 0 spiro atoms. The number of aliphatic hydroxyl groups is 3. The molecule has 5 heteroatoms. The van der Waals surface area contributed by atoms with E-state index in [4.69, 9.17) is 9.47 Å². The Labute approximate surface area is 185 Å². The molecule has 2 aromatic rings. The van der Waals surface area contributed by atoms with Crippen LogP contribution in [-0.4, -0.2) is 28.0 Å². The lowest BCUT2D eigenvalue weighted by Crippen LogP contribution is -2.22. The third kappa shape index (κ3) is 6.69. The molecule has 2 rings (SSSR count). The zero-order chi connectivity index (χ0) is 22.9. The van der Waals surface area contributed by atoms with Gasteiger partial charge in [0.2, 0.25) is 0 Å². The van der Waals surface area contributed by atoms with Crippen molar-refractivity contribution in [2.45, 2.75) is 58.5 Å². The van der Waals surface area contributed by atoms with Crippen LogP contribution in [0, 0.1) is 0 Å². The fourth-order valence-electron chi connectivity index (χ4n) is 3.27. The van der Waals surface area contributed by atoms with Crippen molar-refractivity contribution in [1.82, 2.24) is 0 Å². The number of hydrogen-bond donors (Lipinski definition) is 3. The normalized spacial score (nSPS) is 12.6. The number of methoxy groups -OCH3 is 1. The van der Waals surface area contributed by atoms with E-state index in [1.54, 1.807) is 31.4 Å². The van der Waals surface area contributed by atoms with Gasteiger partial charge in [0.25, 0.3) is 0 Å². The highest BCUT2D eigenvalue weighted by atomic mass is 16.5. The molecule has 0 unspecified atom stereocenters. The number of rotatable bonds is 11. The molecule has 0 heterocycles. The summed E-state index contributed by atoms with van der Waals surface area (Å²) in [4.78, 5) is 0. The average Bonchev–Trinajstić information content (AvgIpc) is 2.80. The van der Waals surface area contributed by atoms with Gasteiger partial charge in [0.1, 0.15) is 6.61 Å². The highest BCUT2D eigenvalue weighted by molar-refractivity contribution is 5.74. The third-order valence-corrected chi connectivity index (χ3v) is 5.51. The monoisotopic (exact) mass is 426 g/mol. The first kappa shape index (κ1) is 24.7. The summed E-state index contributed by atoms with van der Waals surface area (Å²) in [6.45, 7) is 6.35. The van der Waals surface area contributed by atoms with Crippen molar-refractivity contribution in [2.75, 3.05) is 7.11 Å². The van der Waals surface area contributed by atoms with Crippen LogP contribution >= 0.6 is 0 Å². The first-order valence-corrected chi connectivity index (χ1v) is 10.7. The zero-order valence-corrected chi connectivity index (χ0v) is 18.8. The summed E-state index contributed by atoms with van der Waals surface area (Å²) in [5.74, 6) is 1.29. The summed E-state index contributed by atoms with van der Waals surface area (Å²) in [5, 5.41) is 28.9. The summed E-state index contributed by atoms with van der Waals surface area (Å²) in [6, 6.07) is 12.7. The van der Waals surface area contributed by atoms with Gasteiger partial charge in [-0.1, -0.05) is 75.4 Å². The molecule has 0 radical (unpaired) electrons. The van der Waals surface area contributed by atoms with Gasteiger partial charge in [-0.3, -0.25) is 0 Å². The van der Waals surface area contributed by atoms with Crippen LogP contribution in [0.4, 0.5) is 0 Å². The van der Waals surface area contributed by atoms with Gasteiger partial charge >= 0.3 is 0 Å². The van der Waals surface area contributed by atoms with Crippen LogP contribution in [0.25, 0.3) is 5.57 Å². The minimum atomic E-state index is -1.48. The van der Waals surface area contributed by atoms with Gasteiger partial charge < -0.3 is 24.8 Å². The quantitative estimate of drug-likeness (QED) is 0.342. The molecule has 0 saturated carbocycles. The van der Waals surface area contributed by atoms with E-state index in [-0.39, 0.29) is 0 Å². The van der Waals surface area contributed by atoms with Gasteiger partial charge in [-0.25, -0.2) is 0 Å². The molecule has 0 bridgehead atoms. The van der Waals surface area contributed by atoms with Crippen LogP contribution < -0.4 is 9.47 Å². The molecule has 0 saturated heterocycles. The second kappa shape index (κ2) is 11.7. The lowest BCUT2D eigenvalue weighted by atomic mass is 9.96. The minimum absolute atomic E-state index is 0.326. The second-order valence-electron chi connectivity index (χ2n) is 7.46. The number of allylic oxidation sites excluding steroid dienone is 3. The number of para-hydroxylation sites is 1. The lowest BCUT2D eigenvalue weighted by Gasteiger charge is -2.20. The molecule has 5 nitrogen and oxygen atoms in total. The molecule has 0 aliphatic heterocycles. The Hall–Kier alpha value is -2.60. The zero-order valence-electron chi connectivity index (χ0n) is 18.8. The van der Waals surface area contributed by atoms with Crippen molar-refractivity contribution in [2.24, 2.45) is 0 Å². The van der Waals surface area contributed by atoms with Crippen LogP contribution in [0.3, 0.4) is 0 Å².